The number of nitrogens with two attached hydrogens (primary N) is 1. The number of halogens is 1. The molecule has 2 amide bonds. The number of amidine groups is 1. The van der Waals surface area contributed by atoms with Crippen LogP contribution < -0.4 is 31.4 Å². The number of carbonyl (C=O) groups is 2. The summed E-state index contributed by atoms with van der Waals surface area (Å²) in [7, 11) is 1.58. The van der Waals surface area contributed by atoms with Crippen molar-refractivity contribution in [3.05, 3.63) is 88.4 Å². The Hall–Kier alpha value is -4.28. The van der Waals surface area contributed by atoms with E-state index in [-0.39, 0.29) is 16.4 Å². The lowest BCUT2D eigenvalue weighted by atomic mass is 10.0. The van der Waals surface area contributed by atoms with E-state index < -0.39 is 17.9 Å². The van der Waals surface area contributed by atoms with Crippen molar-refractivity contribution in [1.29, 1.82) is 5.41 Å². The molecule has 0 aliphatic carbocycles. The molecule has 0 spiro atoms. The highest BCUT2D eigenvalue weighted by atomic mass is 35.5. The van der Waals surface area contributed by atoms with Crippen molar-refractivity contribution < 1.29 is 23.8 Å². The fourth-order valence-electron chi connectivity index (χ4n) is 3.44. The third-order valence-corrected chi connectivity index (χ3v) is 5.66. The fraction of sp³-hybridized carbons (Fsp3) is 0.222. The van der Waals surface area contributed by atoms with Crippen molar-refractivity contribution in [2.24, 2.45) is 5.73 Å². The van der Waals surface area contributed by atoms with Crippen LogP contribution in [-0.2, 0) is 9.53 Å². The Morgan fingerprint density at radius 2 is 1.71 bits per heavy atom. The maximum absolute atomic E-state index is 13.3. The summed E-state index contributed by atoms with van der Waals surface area (Å²) in [6, 6.07) is 17.4. The van der Waals surface area contributed by atoms with Crippen LogP contribution in [0.1, 0.15) is 34.5 Å². The van der Waals surface area contributed by atoms with Crippen molar-refractivity contribution in [3.63, 3.8) is 0 Å². The van der Waals surface area contributed by atoms with E-state index in [4.69, 9.17) is 37.0 Å². The molecule has 3 aromatic carbocycles. The molecule has 0 aliphatic rings. The number of carbonyl (C=O) groups excluding carboxylic acids is 2. The lowest BCUT2D eigenvalue weighted by Crippen LogP contribution is -2.45. The third-order valence-electron chi connectivity index (χ3n) is 5.33. The number of amides is 2. The summed E-state index contributed by atoms with van der Waals surface area (Å²) in [6.45, 7) is 2.96. The summed E-state index contributed by atoms with van der Waals surface area (Å²) in [6.07, 6.45) is 0. The summed E-state index contributed by atoms with van der Waals surface area (Å²) in [4.78, 5) is 25.9. The van der Waals surface area contributed by atoms with Gasteiger partial charge in [-0.1, -0.05) is 29.8 Å². The Morgan fingerprint density at radius 3 is 2.37 bits per heavy atom. The zero-order valence-corrected chi connectivity index (χ0v) is 21.8. The molecule has 200 valence electrons. The number of hydrogen-bond donors (Lipinski definition) is 5. The topological polar surface area (TPSA) is 148 Å². The van der Waals surface area contributed by atoms with Gasteiger partial charge in [-0.2, -0.15) is 0 Å². The molecule has 0 saturated heterocycles. The Balaban J connectivity index is 1.87. The highest BCUT2D eigenvalue weighted by Crippen LogP contribution is 2.32. The van der Waals surface area contributed by atoms with Gasteiger partial charge in [0, 0.05) is 18.4 Å². The fourth-order valence-corrected chi connectivity index (χ4v) is 3.66. The number of nitrogens with one attached hydrogen (secondary N) is 4. The molecule has 3 rings (SSSR count). The molecule has 1 atom stereocenters. The van der Waals surface area contributed by atoms with E-state index in [0.717, 1.165) is 0 Å². The lowest BCUT2D eigenvalue weighted by molar-refractivity contribution is -0.122. The van der Waals surface area contributed by atoms with Gasteiger partial charge in [0.25, 0.3) is 11.8 Å². The van der Waals surface area contributed by atoms with Crippen LogP contribution in [0, 0.1) is 5.41 Å². The second-order valence-electron chi connectivity index (χ2n) is 7.97. The molecular formula is C27H30ClN5O5. The van der Waals surface area contributed by atoms with Crippen LogP contribution >= 0.6 is 11.6 Å². The summed E-state index contributed by atoms with van der Waals surface area (Å²) in [5, 5.41) is 11.0. The molecule has 6 N–H and O–H groups in total. The second kappa shape index (κ2) is 13.9. The molecule has 0 saturated carbocycles. The van der Waals surface area contributed by atoms with Crippen molar-refractivity contribution in [2.45, 2.75) is 13.0 Å². The number of hydrogen-bond acceptors (Lipinski definition) is 7. The Kier molecular flexibility index (Phi) is 10.3. The van der Waals surface area contributed by atoms with Crippen LogP contribution in [0.5, 0.6) is 11.5 Å². The maximum atomic E-state index is 13.3. The highest BCUT2D eigenvalue weighted by Gasteiger charge is 2.24. The first kappa shape index (κ1) is 28.3. The minimum absolute atomic E-state index is 0.0708. The number of ether oxygens (including phenoxy) is 3. The molecule has 0 aliphatic heterocycles. The molecule has 0 aromatic heterocycles. The maximum Gasteiger partial charge on any atom is 0.271 e. The number of nitrogen functional groups attached to an aromatic ring is 1. The van der Waals surface area contributed by atoms with E-state index in [1.807, 2.05) is 6.92 Å². The number of benzene rings is 3. The highest BCUT2D eigenvalue weighted by molar-refractivity contribution is 6.33. The Morgan fingerprint density at radius 1 is 0.974 bits per heavy atom. The minimum atomic E-state index is -0.947. The summed E-state index contributed by atoms with van der Waals surface area (Å²) in [5.74, 6) is -0.224. The number of hydrazine groups is 1. The van der Waals surface area contributed by atoms with Gasteiger partial charge >= 0.3 is 0 Å². The first-order chi connectivity index (χ1) is 18.3. The predicted octanol–water partition coefficient (Wildman–Crippen LogP) is 3.66. The first-order valence-electron chi connectivity index (χ1n) is 11.8. The normalized spacial score (nSPS) is 11.2. The van der Waals surface area contributed by atoms with Gasteiger partial charge in [-0.3, -0.25) is 25.8 Å². The summed E-state index contributed by atoms with van der Waals surface area (Å²) in [5.41, 5.74) is 12.3. The number of methoxy groups -OCH3 is 1. The van der Waals surface area contributed by atoms with Gasteiger partial charge < -0.3 is 25.3 Å². The molecule has 0 bridgehead atoms. The standard InChI is InChI=1S/C27H30ClN5O5/c1-3-37-23-16-18(10-13-22(23)38-15-14-36-2)24(31-19-11-8-17(9-12-19)25(29)30)27(35)33-32-26(34)20-6-4-5-7-21(20)28/h4-13,16,24,31H,3,14-15H2,1-2H3,(H3,29,30)(H,32,34)(H,33,35). The Labute approximate surface area is 225 Å². The van der Waals surface area contributed by atoms with Crippen LogP contribution in [0.4, 0.5) is 5.69 Å². The van der Waals surface area contributed by atoms with Gasteiger partial charge in [-0.25, -0.2) is 0 Å². The number of anilines is 1. The van der Waals surface area contributed by atoms with Gasteiger partial charge in [0.15, 0.2) is 11.5 Å². The van der Waals surface area contributed by atoms with E-state index in [1.54, 1.807) is 73.8 Å². The van der Waals surface area contributed by atoms with Crippen LogP contribution in [0.25, 0.3) is 0 Å². The molecule has 0 heterocycles. The summed E-state index contributed by atoms with van der Waals surface area (Å²) < 4.78 is 16.5. The van der Waals surface area contributed by atoms with Gasteiger partial charge in [-0.15, -0.1) is 0 Å². The quantitative estimate of drug-likeness (QED) is 0.102. The van der Waals surface area contributed by atoms with Crippen LogP contribution in [0.3, 0.4) is 0 Å². The molecule has 1 unspecified atom stereocenters. The second-order valence-corrected chi connectivity index (χ2v) is 8.38. The minimum Gasteiger partial charge on any atom is -0.490 e. The smallest absolute Gasteiger partial charge is 0.271 e. The van der Waals surface area contributed by atoms with Crippen molar-refractivity contribution >= 4 is 34.9 Å². The molecular weight excluding hydrogens is 510 g/mol. The summed E-state index contributed by atoms with van der Waals surface area (Å²) >= 11 is 6.10. The molecule has 3 aromatic rings. The van der Waals surface area contributed by atoms with E-state index in [9.17, 15) is 9.59 Å². The van der Waals surface area contributed by atoms with E-state index in [0.29, 0.717) is 48.1 Å². The third kappa shape index (κ3) is 7.61. The molecule has 0 fully saturated rings. The molecule has 11 heteroatoms. The monoisotopic (exact) mass is 539 g/mol. The Bertz CT molecular complexity index is 1270. The van der Waals surface area contributed by atoms with Crippen molar-refractivity contribution in [3.8, 4) is 11.5 Å². The van der Waals surface area contributed by atoms with E-state index >= 15 is 0 Å². The predicted molar refractivity (Wildman–Crippen MR) is 146 cm³/mol. The van der Waals surface area contributed by atoms with E-state index in [2.05, 4.69) is 16.2 Å². The van der Waals surface area contributed by atoms with Crippen molar-refractivity contribution in [2.75, 3.05) is 32.2 Å². The zero-order valence-electron chi connectivity index (χ0n) is 21.0. The molecule has 38 heavy (non-hydrogen) atoms. The lowest BCUT2D eigenvalue weighted by Gasteiger charge is -2.22. The van der Waals surface area contributed by atoms with Gasteiger partial charge in [-0.05, 0) is 61.0 Å². The largest absolute Gasteiger partial charge is 0.490 e. The average Bonchev–Trinajstić information content (AvgIpc) is 2.92. The van der Waals surface area contributed by atoms with E-state index in [1.165, 1.54) is 0 Å². The van der Waals surface area contributed by atoms with Gasteiger partial charge in [0.1, 0.15) is 18.5 Å². The van der Waals surface area contributed by atoms with Crippen molar-refractivity contribution in [1.82, 2.24) is 10.9 Å². The van der Waals surface area contributed by atoms with Gasteiger partial charge in [0.05, 0.1) is 23.8 Å². The molecule has 10 nitrogen and oxygen atoms in total. The SMILES string of the molecule is CCOc1cc(C(Nc2ccc(C(=N)N)cc2)C(=O)NNC(=O)c2ccccc2Cl)ccc1OCCOC. The van der Waals surface area contributed by atoms with Crippen LogP contribution in [-0.4, -0.2) is 44.6 Å². The van der Waals surface area contributed by atoms with Crippen LogP contribution in [0.2, 0.25) is 5.02 Å². The first-order valence-corrected chi connectivity index (χ1v) is 12.2. The van der Waals surface area contributed by atoms with Crippen LogP contribution in [0.15, 0.2) is 66.7 Å². The van der Waals surface area contributed by atoms with Gasteiger partial charge in [0.2, 0.25) is 0 Å². The number of rotatable bonds is 12. The average molecular weight is 540 g/mol. The zero-order chi connectivity index (χ0) is 27.5. The molecule has 0 radical (unpaired) electrons.